The number of ether oxygens (including phenoxy) is 1. The van der Waals surface area contributed by atoms with Crippen LogP contribution >= 0.6 is 11.8 Å². The smallest absolute Gasteiger partial charge is 0.252 e. The molecule has 0 spiro atoms. The quantitative estimate of drug-likeness (QED) is 0.460. The maximum Gasteiger partial charge on any atom is 0.252 e. The minimum Gasteiger partial charge on any atom is -0.377 e. The number of carbonyl (C=O) groups excluding carboxylic acids is 1. The Hall–Kier alpha value is -2.31. The summed E-state index contributed by atoms with van der Waals surface area (Å²) in [5.74, 6) is 0.892. The average Bonchev–Trinajstić information content (AvgIpc) is 3.40. The standard InChI is InChI=1S/C22H25N3O2S/c26-22(18-8-1-4-11-21(18)28-15-17-7-5-14-27-17)23-12-6-13-25-16-24-19-9-2-3-10-20(19)25/h1-4,8-11,16-17H,5-7,12-15H2,(H,23,26)/t17-/m0/s1. The highest BCUT2D eigenvalue weighted by atomic mass is 32.2. The lowest BCUT2D eigenvalue weighted by Gasteiger charge is -2.12. The first kappa shape index (κ1) is 19.0. The molecule has 0 saturated carbocycles. The number of nitrogens with one attached hydrogen (secondary N) is 1. The molecule has 0 radical (unpaired) electrons. The minimum atomic E-state index is -0.00840. The van der Waals surface area contributed by atoms with Crippen LogP contribution in [0.2, 0.25) is 0 Å². The third kappa shape index (κ3) is 4.56. The third-order valence-electron chi connectivity index (χ3n) is 4.97. The van der Waals surface area contributed by atoms with Gasteiger partial charge in [0.15, 0.2) is 0 Å². The summed E-state index contributed by atoms with van der Waals surface area (Å²) in [6, 6.07) is 15.9. The molecule has 0 bridgehead atoms. The Bertz CT molecular complexity index is 934. The van der Waals surface area contributed by atoms with Gasteiger partial charge in [0.1, 0.15) is 0 Å². The predicted octanol–water partition coefficient (Wildman–Crippen LogP) is 4.13. The van der Waals surface area contributed by atoms with E-state index in [1.807, 2.05) is 48.8 Å². The topological polar surface area (TPSA) is 56.2 Å². The monoisotopic (exact) mass is 395 g/mol. The number of hydrogen-bond donors (Lipinski definition) is 1. The Morgan fingerprint density at radius 3 is 2.96 bits per heavy atom. The Morgan fingerprint density at radius 2 is 2.07 bits per heavy atom. The second-order valence-electron chi connectivity index (χ2n) is 6.98. The lowest BCUT2D eigenvalue weighted by atomic mass is 10.2. The highest BCUT2D eigenvalue weighted by molar-refractivity contribution is 7.99. The van der Waals surface area contributed by atoms with Gasteiger partial charge in [-0.3, -0.25) is 4.79 Å². The molecule has 2 aromatic carbocycles. The summed E-state index contributed by atoms with van der Waals surface area (Å²) in [6.07, 6.45) is 5.29. The zero-order valence-electron chi connectivity index (χ0n) is 15.8. The first-order valence-electron chi connectivity index (χ1n) is 9.83. The number of para-hydroxylation sites is 2. The van der Waals surface area contributed by atoms with Gasteiger partial charge in [-0.2, -0.15) is 0 Å². The first-order valence-corrected chi connectivity index (χ1v) is 10.8. The highest BCUT2D eigenvalue weighted by Gasteiger charge is 2.17. The van der Waals surface area contributed by atoms with Gasteiger partial charge in [-0.25, -0.2) is 4.98 Å². The van der Waals surface area contributed by atoms with Gasteiger partial charge in [-0.05, 0) is 43.5 Å². The maximum atomic E-state index is 12.7. The molecular formula is C22H25N3O2S. The molecule has 0 aliphatic carbocycles. The van der Waals surface area contributed by atoms with E-state index >= 15 is 0 Å². The largest absolute Gasteiger partial charge is 0.377 e. The molecular weight excluding hydrogens is 370 g/mol. The molecule has 0 unspecified atom stereocenters. The highest BCUT2D eigenvalue weighted by Crippen LogP contribution is 2.26. The van der Waals surface area contributed by atoms with Crippen molar-refractivity contribution in [2.24, 2.45) is 0 Å². The third-order valence-corrected chi connectivity index (χ3v) is 6.17. The molecule has 1 amide bonds. The summed E-state index contributed by atoms with van der Waals surface area (Å²) in [5, 5.41) is 3.06. The van der Waals surface area contributed by atoms with Gasteiger partial charge in [-0.1, -0.05) is 24.3 Å². The fraction of sp³-hybridized carbons (Fsp3) is 0.364. The second-order valence-corrected chi connectivity index (χ2v) is 8.04. The molecule has 1 aromatic heterocycles. The predicted molar refractivity (Wildman–Crippen MR) is 113 cm³/mol. The summed E-state index contributed by atoms with van der Waals surface area (Å²) < 4.78 is 7.82. The van der Waals surface area contributed by atoms with E-state index in [0.717, 1.165) is 59.7 Å². The van der Waals surface area contributed by atoms with Gasteiger partial charge in [-0.15, -0.1) is 11.8 Å². The van der Waals surface area contributed by atoms with Crippen LogP contribution in [0.3, 0.4) is 0 Å². The molecule has 146 valence electrons. The van der Waals surface area contributed by atoms with Crippen molar-refractivity contribution in [2.75, 3.05) is 18.9 Å². The van der Waals surface area contributed by atoms with Gasteiger partial charge in [0.05, 0.1) is 29.0 Å². The Morgan fingerprint density at radius 1 is 1.21 bits per heavy atom. The average molecular weight is 396 g/mol. The van der Waals surface area contributed by atoms with Crippen LogP contribution < -0.4 is 5.32 Å². The second kappa shape index (κ2) is 9.26. The number of imidazole rings is 1. The molecule has 5 nitrogen and oxygen atoms in total. The van der Waals surface area contributed by atoms with Crippen LogP contribution in [0.25, 0.3) is 11.0 Å². The van der Waals surface area contributed by atoms with E-state index in [1.54, 1.807) is 11.8 Å². The molecule has 4 rings (SSSR count). The van der Waals surface area contributed by atoms with E-state index in [4.69, 9.17) is 4.74 Å². The molecule has 1 N–H and O–H groups in total. The fourth-order valence-electron chi connectivity index (χ4n) is 3.47. The van der Waals surface area contributed by atoms with Crippen molar-refractivity contribution in [1.82, 2.24) is 14.9 Å². The SMILES string of the molecule is O=C(NCCCn1cnc2ccccc21)c1ccccc1SC[C@@H]1CCCO1. The lowest BCUT2D eigenvalue weighted by molar-refractivity contribution is 0.0949. The van der Waals surface area contributed by atoms with Crippen LogP contribution in [-0.4, -0.2) is 40.5 Å². The van der Waals surface area contributed by atoms with Gasteiger partial charge in [0, 0.05) is 30.3 Å². The zero-order valence-corrected chi connectivity index (χ0v) is 16.7. The fourth-order valence-corrected chi connectivity index (χ4v) is 4.59. The molecule has 1 atom stereocenters. The van der Waals surface area contributed by atoms with E-state index in [-0.39, 0.29) is 5.91 Å². The number of thioether (sulfide) groups is 1. The van der Waals surface area contributed by atoms with Crippen molar-refractivity contribution in [3.8, 4) is 0 Å². The Kier molecular flexibility index (Phi) is 6.29. The van der Waals surface area contributed by atoms with Gasteiger partial charge < -0.3 is 14.6 Å². The molecule has 1 fully saturated rings. The summed E-state index contributed by atoms with van der Waals surface area (Å²) in [4.78, 5) is 18.1. The van der Waals surface area contributed by atoms with Crippen LogP contribution in [0.1, 0.15) is 29.6 Å². The van der Waals surface area contributed by atoms with Crippen molar-refractivity contribution in [2.45, 2.75) is 36.8 Å². The number of aryl methyl sites for hydroxylation is 1. The van der Waals surface area contributed by atoms with Crippen molar-refractivity contribution in [3.05, 3.63) is 60.4 Å². The molecule has 28 heavy (non-hydrogen) atoms. The van der Waals surface area contributed by atoms with Gasteiger partial charge in [0.2, 0.25) is 0 Å². The van der Waals surface area contributed by atoms with Crippen LogP contribution in [0, 0.1) is 0 Å². The number of aromatic nitrogens is 2. The number of rotatable bonds is 8. The molecule has 1 aliphatic rings. The van der Waals surface area contributed by atoms with Gasteiger partial charge >= 0.3 is 0 Å². The number of amides is 1. The minimum absolute atomic E-state index is 0.00840. The number of fused-ring (bicyclic) bond motifs is 1. The van der Waals surface area contributed by atoms with Crippen molar-refractivity contribution < 1.29 is 9.53 Å². The number of benzene rings is 2. The van der Waals surface area contributed by atoms with Gasteiger partial charge in [0.25, 0.3) is 5.91 Å². The van der Waals surface area contributed by atoms with E-state index in [9.17, 15) is 4.79 Å². The molecule has 3 aromatic rings. The number of nitrogens with zero attached hydrogens (tertiary/aromatic N) is 2. The van der Waals surface area contributed by atoms with Crippen LogP contribution in [0.5, 0.6) is 0 Å². The summed E-state index contributed by atoms with van der Waals surface area (Å²) >= 11 is 1.71. The van der Waals surface area contributed by atoms with E-state index in [1.165, 1.54) is 0 Å². The Labute approximate surface area is 169 Å². The molecule has 1 saturated heterocycles. The number of carbonyl (C=O) groups is 1. The van der Waals surface area contributed by atoms with Crippen LogP contribution in [0.15, 0.2) is 59.8 Å². The Balaban J connectivity index is 1.29. The van der Waals surface area contributed by atoms with Crippen molar-refractivity contribution in [3.63, 3.8) is 0 Å². The lowest BCUT2D eigenvalue weighted by Crippen LogP contribution is -2.25. The summed E-state index contributed by atoms with van der Waals surface area (Å²) in [7, 11) is 0. The van der Waals surface area contributed by atoms with E-state index < -0.39 is 0 Å². The van der Waals surface area contributed by atoms with Crippen molar-refractivity contribution in [1.29, 1.82) is 0 Å². The molecule has 1 aliphatic heterocycles. The first-order chi connectivity index (χ1) is 13.8. The zero-order chi connectivity index (χ0) is 19.2. The maximum absolute atomic E-state index is 12.7. The summed E-state index contributed by atoms with van der Waals surface area (Å²) in [6.45, 7) is 2.33. The molecule has 6 heteroatoms. The van der Waals surface area contributed by atoms with Crippen LogP contribution in [0.4, 0.5) is 0 Å². The summed E-state index contributed by atoms with van der Waals surface area (Å²) in [5.41, 5.74) is 2.88. The molecule has 2 heterocycles. The van der Waals surface area contributed by atoms with Crippen LogP contribution in [-0.2, 0) is 11.3 Å². The number of hydrogen-bond acceptors (Lipinski definition) is 4. The van der Waals surface area contributed by atoms with Crippen molar-refractivity contribution >= 4 is 28.7 Å². The van der Waals surface area contributed by atoms with E-state index in [2.05, 4.69) is 20.9 Å². The normalized spacial score (nSPS) is 16.5. The van der Waals surface area contributed by atoms with E-state index in [0.29, 0.717) is 12.6 Å².